The molecule has 0 aliphatic rings. The quantitative estimate of drug-likeness (QED) is 0.559. The molecular formula is C21H17N3O2. The standard InChI is InChI=1S/C21H17N3O2/c25-20(26)16-10-12-17(13-11-16)22-21-23-18-8-4-5-9-19(18)24(21)14-15-6-2-1-3-7-15/h1-13H,14H2,(H,22,23)(H,25,26). The van der Waals surface area contributed by atoms with Crippen LogP contribution in [0.5, 0.6) is 0 Å². The van der Waals surface area contributed by atoms with Crippen LogP contribution in [-0.4, -0.2) is 20.6 Å². The van der Waals surface area contributed by atoms with Crippen LogP contribution in [0, 0.1) is 0 Å². The Morgan fingerprint density at radius 1 is 0.923 bits per heavy atom. The number of carbonyl (C=O) groups is 1. The van der Waals surface area contributed by atoms with E-state index < -0.39 is 5.97 Å². The molecule has 0 unspecified atom stereocenters. The van der Waals surface area contributed by atoms with Crippen molar-refractivity contribution in [1.29, 1.82) is 0 Å². The molecule has 2 N–H and O–H groups in total. The molecule has 0 fully saturated rings. The van der Waals surface area contributed by atoms with Gasteiger partial charge in [0.25, 0.3) is 0 Å². The average molecular weight is 343 g/mol. The molecule has 0 aliphatic heterocycles. The minimum absolute atomic E-state index is 0.258. The maximum Gasteiger partial charge on any atom is 0.335 e. The number of para-hydroxylation sites is 2. The van der Waals surface area contributed by atoms with E-state index in [1.165, 1.54) is 5.56 Å². The Kier molecular flexibility index (Phi) is 4.11. The van der Waals surface area contributed by atoms with Crippen LogP contribution in [0.2, 0.25) is 0 Å². The number of anilines is 2. The van der Waals surface area contributed by atoms with Gasteiger partial charge in [-0.25, -0.2) is 9.78 Å². The van der Waals surface area contributed by atoms with Gasteiger partial charge in [-0.1, -0.05) is 42.5 Å². The Hall–Kier alpha value is -3.60. The van der Waals surface area contributed by atoms with Crippen molar-refractivity contribution in [2.75, 3.05) is 5.32 Å². The normalized spacial score (nSPS) is 10.8. The van der Waals surface area contributed by atoms with E-state index in [2.05, 4.69) is 22.0 Å². The van der Waals surface area contributed by atoms with E-state index in [9.17, 15) is 4.79 Å². The molecule has 0 spiro atoms. The molecule has 1 heterocycles. The minimum Gasteiger partial charge on any atom is -0.478 e. The van der Waals surface area contributed by atoms with Crippen LogP contribution in [-0.2, 0) is 6.54 Å². The second-order valence-electron chi connectivity index (χ2n) is 6.00. The Morgan fingerprint density at radius 2 is 1.62 bits per heavy atom. The molecule has 0 amide bonds. The summed E-state index contributed by atoms with van der Waals surface area (Å²) in [4.78, 5) is 15.7. The monoisotopic (exact) mass is 343 g/mol. The highest BCUT2D eigenvalue weighted by Crippen LogP contribution is 2.24. The van der Waals surface area contributed by atoms with E-state index in [1.54, 1.807) is 24.3 Å². The number of benzene rings is 3. The average Bonchev–Trinajstić information content (AvgIpc) is 3.00. The smallest absolute Gasteiger partial charge is 0.335 e. The Balaban J connectivity index is 1.71. The SMILES string of the molecule is O=C(O)c1ccc(Nc2nc3ccccc3n2Cc2ccccc2)cc1. The highest BCUT2D eigenvalue weighted by Gasteiger charge is 2.11. The minimum atomic E-state index is -0.937. The second-order valence-corrected chi connectivity index (χ2v) is 6.00. The molecule has 0 atom stereocenters. The number of carboxylic acids is 1. The summed E-state index contributed by atoms with van der Waals surface area (Å²) in [7, 11) is 0. The maximum absolute atomic E-state index is 11.0. The largest absolute Gasteiger partial charge is 0.478 e. The number of aromatic carboxylic acids is 1. The number of rotatable bonds is 5. The molecule has 0 aliphatic carbocycles. The molecular weight excluding hydrogens is 326 g/mol. The first-order valence-corrected chi connectivity index (χ1v) is 8.30. The van der Waals surface area contributed by atoms with Crippen molar-refractivity contribution in [3.63, 3.8) is 0 Å². The van der Waals surface area contributed by atoms with Crippen LogP contribution in [0.4, 0.5) is 11.6 Å². The number of hydrogen-bond donors (Lipinski definition) is 2. The van der Waals surface area contributed by atoms with Gasteiger partial charge in [-0.05, 0) is 42.0 Å². The lowest BCUT2D eigenvalue weighted by molar-refractivity contribution is 0.0697. The molecule has 3 aromatic carbocycles. The first kappa shape index (κ1) is 15.9. The zero-order valence-electron chi connectivity index (χ0n) is 14.0. The molecule has 1 aromatic heterocycles. The summed E-state index contributed by atoms with van der Waals surface area (Å²) in [5.74, 6) is -0.217. The number of nitrogens with zero attached hydrogens (tertiary/aromatic N) is 2. The molecule has 4 aromatic rings. The van der Waals surface area contributed by atoms with Crippen LogP contribution in [0.3, 0.4) is 0 Å². The molecule has 26 heavy (non-hydrogen) atoms. The number of nitrogens with one attached hydrogen (secondary N) is 1. The molecule has 4 rings (SSSR count). The fourth-order valence-corrected chi connectivity index (χ4v) is 2.92. The maximum atomic E-state index is 11.0. The van der Waals surface area contributed by atoms with Crippen molar-refractivity contribution < 1.29 is 9.90 Å². The van der Waals surface area contributed by atoms with Crippen molar-refractivity contribution in [2.24, 2.45) is 0 Å². The summed E-state index contributed by atoms with van der Waals surface area (Å²) in [6, 6.07) is 24.8. The molecule has 5 nitrogen and oxygen atoms in total. The van der Waals surface area contributed by atoms with Gasteiger partial charge in [0.2, 0.25) is 5.95 Å². The van der Waals surface area contributed by atoms with Gasteiger partial charge >= 0.3 is 5.97 Å². The molecule has 0 saturated carbocycles. The predicted octanol–water partition coefficient (Wildman–Crippen LogP) is 4.53. The van der Waals surface area contributed by atoms with Gasteiger partial charge in [-0.2, -0.15) is 0 Å². The lowest BCUT2D eigenvalue weighted by Gasteiger charge is -2.11. The fraction of sp³-hybridized carbons (Fsp3) is 0.0476. The van der Waals surface area contributed by atoms with Crippen LogP contribution in [0.15, 0.2) is 78.9 Å². The van der Waals surface area contributed by atoms with Gasteiger partial charge in [0, 0.05) is 5.69 Å². The third-order valence-electron chi connectivity index (χ3n) is 4.23. The molecule has 5 heteroatoms. The van der Waals surface area contributed by atoms with E-state index in [1.807, 2.05) is 42.5 Å². The summed E-state index contributed by atoms with van der Waals surface area (Å²) in [6.45, 7) is 0.691. The summed E-state index contributed by atoms with van der Waals surface area (Å²) < 4.78 is 2.12. The van der Waals surface area contributed by atoms with Crippen LogP contribution in [0.1, 0.15) is 15.9 Å². The van der Waals surface area contributed by atoms with Crippen molar-refractivity contribution >= 4 is 28.6 Å². The van der Waals surface area contributed by atoms with Crippen molar-refractivity contribution in [1.82, 2.24) is 9.55 Å². The zero-order chi connectivity index (χ0) is 17.9. The van der Waals surface area contributed by atoms with Gasteiger partial charge in [-0.3, -0.25) is 0 Å². The first-order chi connectivity index (χ1) is 12.7. The zero-order valence-corrected chi connectivity index (χ0v) is 14.0. The van der Waals surface area contributed by atoms with E-state index in [0.717, 1.165) is 22.7 Å². The van der Waals surface area contributed by atoms with Gasteiger partial charge in [-0.15, -0.1) is 0 Å². The van der Waals surface area contributed by atoms with Gasteiger partial charge in [0.05, 0.1) is 23.1 Å². The lowest BCUT2D eigenvalue weighted by atomic mass is 10.2. The van der Waals surface area contributed by atoms with E-state index in [0.29, 0.717) is 6.54 Å². The Morgan fingerprint density at radius 3 is 2.35 bits per heavy atom. The summed E-state index contributed by atoms with van der Waals surface area (Å²) in [6.07, 6.45) is 0. The van der Waals surface area contributed by atoms with Crippen molar-refractivity contribution in [3.8, 4) is 0 Å². The van der Waals surface area contributed by atoms with Gasteiger partial charge < -0.3 is 15.0 Å². The summed E-state index contributed by atoms with van der Waals surface area (Å²) in [5, 5.41) is 12.3. The molecule has 0 saturated heterocycles. The number of imidazole rings is 1. The predicted molar refractivity (Wildman–Crippen MR) is 102 cm³/mol. The summed E-state index contributed by atoms with van der Waals surface area (Å²) >= 11 is 0. The Labute approximate surface area is 150 Å². The fourth-order valence-electron chi connectivity index (χ4n) is 2.92. The highest BCUT2D eigenvalue weighted by molar-refractivity contribution is 5.88. The number of carboxylic acid groups (broad SMARTS) is 1. The van der Waals surface area contributed by atoms with Crippen LogP contribution >= 0.6 is 0 Å². The van der Waals surface area contributed by atoms with Gasteiger partial charge in [0.1, 0.15) is 0 Å². The third kappa shape index (κ3) is 3.15. The summed E-state index contributed by atoms with van der Waals surface area (Å²) in [5.41, 5.74) is 4.18. The van der Waals surface area contributed by atoms with E-state index in [-0.39, 0.29) is 5.56 Å². The second kappa shape index (κ2) is 6.72. The number of fused-ring (bicyclic) bond motifs is 1. The van der Waals surface area contributed by atoms with E-state index in [4.69, 9.17) is 10.1 Å². The van der Waals surface area contributed by atoms with Crippen LogP contribution in [0.25, 0.3) is 11.0 Å². The van der Waals surface area contributed by atoms with Crippen LogP contribution < -0.4 is 5.32 Å². The van der Waals surface area contributed by atoms with Crippen molar-refractivity contribution in [3.05, 3.63) is 90.0 Å². The highest BCUT2D eigenvalue weighted by atomic mass is 16.4. The third-order valence-corrected chi connectivity index (χ3v) is 4.23. The molecule has 0 radical (unpaired) electrons. The topological polar surface area (TPSA) is 67.2 Å². The number of aromatic nitrogens is 2. The first-order valence-electron chi connectivity index (χ1n) is 8.30. The number of hydrogen-bond acceptors (Lipinski definition) is 3. The molecule has 0 bridgehead atoms. The lowest BCUT2D eigenvalue weighted by Crippen LogP contribution is -2.05. The van der Waals surface area contributed by atoms with Gasteiger partial charge in [0.15, 0.2) is 0 Å². The molecule has 128 valence electrons. The van der Waals surface area contributed by atoms with E-state index >= 15 is 0 Å². The van der Waals surface area contributed by atoms with Crippen molar-refractivity contribution in [2.45, 2.75) is 6.54 Å². The Bertz CT molecular complexity index is 1050.